The lowest BCUT2D eigenvalue weighted by Crippen LogP contribution is -2.27. The van der Waals surface area contributed by atoms with Crippen molar-refractivity contribution >= 4 is 23.4 Å². The summed E-state index contributed by atoms with van der Waals surface area (Å²) in [5, 5.41) is 15.4. The van der Waals surface area contributed by atoms with Crippen LogP contribution in [0, 0.1) is 0 Å². The first kappa shape index (κ1) is 17.1. The topological polar surface area (TPSA) is 107 Å². The zero-order valence-corrected chi connectivity index (χ0v) is 12.8. The van der Waals surface area contributed by atoms with Crippen molar-refractivity contribution in [1.82, 2.24) is 0 Å². The third kappa shape index (κ3) is 5.51. The van der Waals surface area contributed by atoms with Crippen molar-refractivity contribution < 1.29 is 14.6 Å². The van der Waals surface area contributed by atoms with Gasteiger partial charge in [0, 0.05) is 15.6 Å². The van der Waals surface area contributed by atoms with E-state index in [0.29, 0.717) is 11.3 Å². The summed E-state index contributed by atoms with van der Waals surface area (Å²) in [6.45, 7) is 4.92. The van der Waals surface area contributed by atoms with Crippen molar-refractivity contribution in [1.29, 1.82) is 0 Å². The van der Waals surface area contributed by atoms with E-state index in [1.165, 1.54) is 6.07 Å². The first-order valence-electron chi connectivity index (χ1n) is 6.21. The number of aliphatic hydroxyl groups is 1. The molecule has 1 aromatic rings. The SMILES string of the molecule is CC(C)(C)OC(=O)Nc1ccc(C(CO)N=[N+]=[N-])c(Cl)c1. The van der Waals surface area contributed by atoms with Crippen LogP contribution in [0.15, 0.2) is 23.3 Å². The number of carbonyl (C=O) groups is 1. The second kappa shape index (κ2) is 7.17. The van der Waals surface area contributed by atoms with E-state index in [1.807, 2.05) is 0 Å². The van der Waals surface area contributed by atoms with Crippen molar-refractivity contribution in [3.63, 3.8) is 0 Å². The van der Waals surface area contributed by atoms with Crippen LogP contribution >= 0.6 is 11.6 Å². The monoisotopic (exact) mass is 312 g/mol. The lowest BCUT2D eigenvalue weighted by atomic mass is 10.1. The molecule has 0 heterocycles. The summed E-state index contributed by atoms with van der Waals surface area (Å²) in [4.78, 5) is 14.3. The predicted octanol–water partition coefficient (Wildman–Crippen LogP) is 4.03. The number of rotatable bonds is 4. The number of benzene rings is 1. The molecular formula is C13H17ClN4O3. The molecule has 0 bridgehead atoms. The second-order valence-electron chi connectivity index (χ2n) is 5.27. The highest BCUT2D eigenvalue weighted by atomic mass is 35.5. The average Bonchev–Trinajstić information content (AvgIpc) is 2.34. The highest BCUT2D eigenvalue weighted by Crippen LogP contribution is 2.28. The molecule has 0 radical (unpaired) electrons. The minimum atomic E-state index is -0.766. The number of amides is 1. The Bertz CT molecular complexity index is 565. The Kier molecular flexibility index (Phi) is 5.84. The van der Waals surface area contributed by atoms with Crippen molar-refractivity contribution in [2.24, 2.45) is 5.11 Å². The molecule has 0 aliphatic rings. The standard InChI is InChI=1S/C13H17ClN4O3/c1-13(2,3)21-12(20)16-8-4-5-9(10(14)6-8)11(7-19)17-18-15/h4-6,11,19H,7H2,1-3H3,(H,16,20). The molecule has 0 saturated heterocycles. The molecule has 1 unspecified atom stereocenters. The van der Waals surface area contributed by atoms with Gasteiger partial charge in [0.05, 0.1) is 12.6 Å². The molecule has 0 fully saturated rings. The highest BCUT2D eigenvalue weighted by Gasteiger charge is 2.17. The van der Waals surface area contributed by atoms with Crippen molar-refractivity contribution in [3.8, 4) is 0 Å². The Hall–Kier alpha value is -1.95. The maximum atomic E-state index is 11.6. The number of hydrogen-bond donors (Lipinski definition) is 2. The predicted molar refractivity (Wildman–Crippen MR) is 80.3 cm³/mol. The van der Waals surface area contributed by atoms with E-state index in [9.17, 15) is 4.79 Å². The minimum Gasteiger partial charge on any atom is -0.444 e. The van der Waals surface area contributed by atoms with Gasteiger partial charge in [-0.2, -0.15) is 0 Å². The van der Waals surface area contributed by atoms with Gasteiger partial charge < -0.3 is 9.84 Å². The van der Waals surface area contributed by atoms with E-state index in [2.05, 4.69) is 15.3 Å². The molecule has 2 N–H and O–H groups in total. The number of ether oxygens (including phenoxy) is 1. The van der Waals surface area contributed by atoms with E-state index >= 15 is 0 Å². The zero-order valence-electron chi connectivity index (χ0n) is 12.0. The number of azide groups is 1. The number of aliphatic hydroxyl groups excluding tert-OH is 1. The van der Waals surface area contributed by atoms with Crippen LogP contribution in [0.5, 0.6) is 0 Å². The van der Waals surface area contributed by atoms with Crippen LogP contribution in [0.1, 0.15) is 32.4 Å². The van der Waals surface area contributed by atoms with Gasteiger partial charge in [-0.15, -0.1) is 0 Å². The molecular weight excluding hydrogens is 296 g/mol. The highest BCUT2D eigenvalue weighted by molar-refractivity contribution is 6.31. The number of halogens is 1. The molecule has 0 aliphatic carbocycles. The molecule has 0 aromatic heterocycles. The lowest BCUT2D eigenvalue weighted by molar-refractivity contribution is 0.0636. The summed E-state index contributed by atoms with van der Waals surface area (Å²) in [5.74, 6) is 0. The largest absolute Gasteiger partial charge is 0.444 e. The second-order valence-corrected chi connectivity index (χ2v) is 5.67. The fraction of sp³-hybridized carbons (Fsp3) is 0.462. The fourth-order valence-corrected chi connectivity index (χ4v) is 1.86. The van der Waals surface area contributed by atoms with Gasteiger partial charge in [-0.1, -0.05) is 22.8 Å². The number of nitrogens with zero attached hydrogens (tertiary/aromatic N) is 3. The Morgan fingerprint density at radius 1 is 1.57 bits per heavy atom. The Labute approximate surface area is 127 Å². The zero-order chi connectivity index (χ0) is 16.0. The van der Waals surface area contributed by atoms with E-state index in [4.69, 9.17) is 27.0 Å². The number of carbonyl (C=O) groups excluding carboxylic acids is 1. The molecule has 1 aromatic carbocycles. The molecule has 1 amide bonds. The summed E-state index contributed by atoms with van der Waals surface area (Å²) in [6, 6.07) is 3.89. The normalized spacial score (nSPS) is 12.2. The molecule has 114 valence electrons. The smallest absolute Gasteiger partial charge is 0.412 e. The molecule has 7 nitrogen and oxygen atoms in total. The number of nitrogens with one attached hydrogen (secondary N) is 1. The molecule has 8 heteroatoms. The van der Waals surface area contributed by atoms with Gasteiger partial charge in [-0.05, 0) is 44.0 Å². The van der Waals surface area contributed by atoms with Gasteiger partial charge in [0.1, 0.15) is 5.60 Å². The van der Waals surface area contributed by atoms with Crippen LogP contribution in [-0.4, -0.2) is 23.4 Å². The van der Waals surface area contributed by atoms with Crippen LogP contribution in [0.3, 0.4) is 0 Å². The van der Waals surface area contributed by atoms with Crippen molar-refractivity contribution in [3.05, 3.63) is 39.2 Å². The van der Waals surface area contributed by atoms with Crippen molar-refractivity contribution in [2.45, 2.75) is 32.4 Å². The van der Waals surface area contributed by atoms with Crippen LogP contribution in [0.2, 0.25) is 5.02 Å². The third-order valence-corrected chi connectivity index (χ3v) is 2.70. The van der Waals surface area contributed by atoms with E-state index in [1.54, 1.807) is 32.9 Å². The van der Waals surface area contributed by atoms with Crippen LogP contribution in [0.4, 0.5) is 10.5 Å². The van der Waals surface area contributed by atoms with Crippen LogP contribution in [0.25, 0.3) is 10.4 Å². The Morgan fingerprint density at radius 2 is 2.24 bits per heavy atom. The molecule has 1 atom stereocenters. The molecule has 21 heavy (non-hydrogen) atoms. The van der Waals surface area contributed by atoms with E-state index < -0.39 is 17.7 Å². The summed E-state index contributed by atoms with van der Waals surface area (Å²) in [7, 11) is 0. The third-order valence-electron chi connectivity index (χ3n) is 2.37. The summed E-state index contributed by atoms with van der Waals surface area (Å²) >= 11 is 6.07. The number of anilines is 1. The number of hydrogen-bond acceptors (Lipinski definition) is 4. The average molecular weight is 313 g/mol. The maximum absolute atomic E-state index is 11.6. The van der Waals surface area contributed by atoms with Gasteiger partial charge >= 0.3 is 6.09 Å². The summed E-state index contributed by atoms with van der Waals surface area (Å²) < 4.78 is 5.12. The summed E-state index contributed by atoms with van der Waals surface area (Å²) in [6.07, 6.45) is -0.597. The Morgan fingerprint density at radius 3 is 2.71 bits per heavy atom. The molecule has 0 aliphatic heterocycles. The molecule has 0 spiro atoms. The van der Waals surface area contributed by atoms with Gasteiger partial charge in [0.25, 0.3) is 0 Å². The van der Waals surface area contributed by atoms with Gasteiger partial charge in [-0.3, -0.25) is 5.32 Å². The molecule has 0 saturated carbocycles. The van der Waals surface area contributed by atoms with E-state index in [-0.39, 0.29) is 11.6 Å². The van der Waals surface area contributed by atoms with Crippen LogP contribution < -0.4 is 5.32 Å². The quantitative estimate of drug-likeness (QED) is 0.497. The first-order chi connectivity index (χ1) is 9.76. The van der Waals surface area contributed by atoms with Crippen LogP contribution in [-0.2, 0) is 4.74 Å². The Balaban J connectivity index is 2.87. The minimum absolute atomic E-state index is 0.273. The lowest BCUT2D eigenvalue weighted by Gasteiger charge is -2.20. The van der Waals surface area contributed by atoms with E-state index in [0.717, 1.165) is 0 Å². The summed E-state index contributed by atoms with van der Waals surface area (Å²) in [5.41, 5.74) is 8.75. The van der Waals surface area contributed by atoms with Gasteiger partial charge in [-0.25, -0.2) is 4.79 Å². The molecule has 1 rings (SSSR count). The van der Waals surface area contributed by atoms with Gasteiger partial charge in [0.2, 0.25) is 0 Å². The first-order valence-corrected chi connectivity index (χ1v) is 6.59. The van der Waals surface area contributed by atoms with Crippen molar-refractivity contribution in [2.75, 3.05) is 11.9 Å². The van der Waals surface area contributed by atoms with Gasteiger partial charge in [0.15, 0.2) is 0 Å². The fourth-order valence-electron chi connectivity index (χ4n) is 1.56. The maximum Gasteiger partial charge on any atom is 0.412 e.